The molecule has 192 valence electrons. The van der Waals surface area contributed by atoms with Crippen molar-refractivity contribution in [2.24, 2.45) is 5.92 Å². The zero-order valence-corrected chi connectivity index (χ0v) is 21.7. The summed E-state index contributed by atoms with van der Waals surface area (Å²) < 4.78 is 7.51. The lowest BCUT2D eigenvalue weighted by Crippen LogP contribution is -2.44. The van der Waals surface area contributed by atoms with Crippen LogP contribution in [-0.2, 0) is 27.4 Å². The van der Waals surface area contributed by atoms with Gasteiger partial charge in [0.1, 0.15) is 0 Å². The van der Waals surface area contributed by atoms with E-state index < -0.39 is 0 Å². The average molecular weight is 484 g/mol. The van der Waals surface area contributed by atoms with E-state index in [1.807, 2.05) is 43.7 Å². The fraction of sp³-hybridized carbons (Fsp3) is 0.593. The van der Waals surface area contributed by atoms with Gasteiger partial charge >= 0.3 is 0 Å². The summed E-state index contributed by atoms with van der Waals surface area (Å²) in [4.78, 5) is 27.1. The van der Waals surface area contributed by atoms with Crippen LogP contribution in [0, 0.1) is 19.8 Å². The molecule has 2 heterocycles. The molecule has 3 rings (SSSR count). The van der Waals surface area contributed by atoms with Gasteiger partial charge in [0, 0.05) is 36.9 Å². The van der Waals surface area contributed by atoms with Crippen LogP contribution in [0.25, 0.3) is 0 Å². The number of amides is 2. The smallest absolute Gasteiger partial charge is 0.234 e. The number of nitrogens with one attached hydrogen (secondary N) is 2. The number of likely N-dealkylation sites (tertiary alicyclic amines) is 1. The van der Waals surface area contributed by atoms with Crippen LogP contribution in [0.5, 0.6) is 0 Å². The van der Waals surface area contributed by atoms with Crippen molar-refractivity contribution in [3.63, 3.8) is 0 Å². The molecule has 2 aromatic rings. The van der Waals surface area contributed by atoms with E-state index in [1.165, 1.54) is 5.56 Å². The first-order valence-electron chi connectivity index (χ1n) is 12.8. The predicted octanol–water partition coefficient (Wildman–Crippen LogP) is 2.81. The molecular formula is C27H41N5O3. The fourth-order valence-corrected chi connectivity index (χ4v) is 4.45. The van der Waals surface area contributed by atoms with E-state index in [4.69, 9.17) is 4.74 Å². The maximum atomic E-state index is 12.6. The Balaban J connectivity index is 1.37. The van der Waals surface area contributed by atoms with Crippen LogP contribution in [-0.4, -0.2) is 65.4 Å². The highest BCUT2D eigenvalue weighted by molar-refractivity contribution is 5.79. The van der Waals surface area contributed by atoms with Gasteiger partial charge in [0.2, 0.25) is 11.8 Å². The zero-order valence-electron chi connectivity index (χ0n) is 21.7. The molecule has 35 heavy (non-hydrogen) atoms. The fourth-order valence-electron chi connectivity index (χ4n) is 4.45. The molecule has 0 unspecified atom stereocenters. The minimum atomic E-state index is 0.00710. The van der Waals surface area contributed by atoms with Gasteiger partial charge in [-0.25, -0.2) is 0 Å². The number of aromatic nitrogens is 2. The maximum Gasteiger partial charge on any atom is 0.234 e. The Hall–Kier alpha value is -2.71. The molecule has 1 aliphatic heterocycles. The van der Waals surface area contributed by atoms with Gasteiger partial charge < -0.3 is 15.4 Å². The van der Waals surface area contributed by atoms with Gasteiger partial charge in [0.15, 0.2) is 0 Å². The first-order valence-corrected chi connectivity index (χ1v) is 12.8. The van der Waals surface area contributed by atoms with Crippen molar-refractivity contribution in [3.8, 4) is 0 Å². The first-order chi connectivity index (χ1) is 16.8. The van der Waals surface area contributed by atoms with Gasteiger partial charge in [-0.15, -0.1) is 0 Å². The molecule has 1 fully saturated rings. The van der Waals surface area contributed by atoms with Gasteiger partial charge in [0.25, 0.3) is 0 Å². The van der Waals surface area contributed by atoms with Crippen molar-refractivity contribution < 1.29 is 14.3 Å². The quantitative estimate of drug-likeness (QED) is 0.453. The van der Waals surface area contributed by atoms with Crippen molar-refractivity contribution in [3.05, 3.63) is 52.8 Å². The lowest BCUT2D eigenvalue weighted by Gasteiger charge is -2.30. The molecule has 1 aliphatic rings. The summed E-state index contributed by atoms with van der Waals surface area (Å²) >= 11 is 0. The molecular weight excluding hydrogens is 442 g/mol. The first kappa shape index (κ1) is 26.9. The summed E-state index contributed by atoms with van der Waals surface area (Å²) in [5.41, 5.74) is 4.30. The highest BCUT2D eigenvalue weighted by Crippen LogP contribution is 2.18. The number of benzene rings is 1. The Labute approximate surface area is 209 Å². The second-order valence-corrected chi connectivity index (χ2v) is 9.68. The van der Waals surface area contributed by atoms with Gasteiger partial charge in [-0.1, -0.05) is 30.3 Å². The topological polar surface area (TPSA) is 88.5 Å². The second kappa shape index (κ2) is 13.4. The summed E-state index contributed by atoms with van der Waals surface area (Å²) in [6.07, 6.45) is 2.61. The van der Waals surface area contributed by atoms with E-state index in [-0.39, 0.29) is 23.8 Å². The van der Waals surface area contributed by atoms with E-state index >= 15 is 0 Å². The number of hydrogen-bond acceptors (Lipinski definition) is 5. The highest BCUT2D eigenvalue weighted by Gasteiger charge is 2.25. The number of ether oxygens (including phenoxy) is 1. The third-order valence-electron chi connectivity index (χ3n) is 6.57. The molecule has 0 aliphatic carbocycles. The van der Waals surface area contributed by atoms with Gasteiger partial charge in [0.05, 0.1) is 24.9 Å². The molecule has 1 aromatic heterocycles. The average Bonchev–Trinajstić information content (AvgIpc) is 3.10. The number of piperidine rings is 1. The monoisotopic (exact) mass is 483 g/mol. The Morgan fingerprint density at radius 3 is 2.51 bits per heavy atom. The highest BCUT2D eigenvalue weighted by atomic mass is 16.5. The largest absolute Gasteiger partial charge is 0.379 e. The van der Waals surface area contributed by atoms with Crippen LogP contribution < -0.4 is 10.6 Å². The van der Waals surface area contributed by atoms with Crippen LogP contribution in [0.4, 0.5) is 0 Å². The molecule has 0 bridgehead atoms. The number of carbonyl (C=O) groups is 2. The van der Waals surface area contributed by atoms with Crippen LogP contribution in [0.3, 0.4) is 0 Å². The molecule has 8 nitrogen and oxygen atoms in total. The number of rotatable bonds is 12. The lowest BCUT2D eigenvalue weighted by atomic mass is 9.96. The van der Waals surface area contributed by atoms with Gasteiger partial charge in [-0.05, 0) is 65.6 Å². The molecule has 0 radical (unpaired) electrons. The van der Waals surface area contributed by atoms with Crippen molar-refractivity contribution >= 4 is 11.8 Å². The molecule has 0 spiro atoms. The van der Waals surface area contributed by atoms with Crippen molar-refractivity contribution in [1.82, 2.24) is 25.3 Å². The maximum absolute atomic E-state index is 12.6. The van der Waals surface area contributed by atoms with E-state index in [9.17, 15) is 9.59 Å². The summed E-state index contributed by atoms with van der Waals surface area (Å²) in [5, 5.41) is 10.8. The summed E-state index contributed by atoms with van der Waals surface area (Å²) in [7, 11) is 0. The molecule has 8 heteroatoms. The van der Waals surface area contributed by atoms with Crippen LogP contribution >= 0.6 is 0 Å². The van der Waals surface area contributed by atoms with E-state index in [2.05, 4.69) is 39.7 Å². The van der Waals surface area contributed by atoms with E-state index in [0.29, 0.717) is 26.2 Å². The van der Waals surface area contributed by atoms with Gasteiger partial charge in [-0.2, -0.15) is 5.10 Å². The summed E-state index contributed by atoms with van der Waals surface area (Å²) in [5.74, 6) is 0.158. The Morgan fingerprint density at radius 2 is 1.83 bits per heavy atom. The number of hydrogen-bond donors (Lipinski definition) is 2. The zero-order chi connectivity index (χ0) is 25.2. The molecule has 1 saturated heterocycles. The van der Waals surface area contributed by atoms with Crippen LogP contribution in [0.1, 0.15) is 55.6 Å². The lowest BCUT2D eigenvalue weighted by molar-refractivity contribution is -0.126. The Bertz CT molecular complexity index is 949. The molecule has 2 amide bonds. The Kier molecular flexibility index (Phi) is 10.3. The van der Waals surface area contributed by atoms with E-state index in [0.717, 1.165) is 55.8 Å². The van der Waals surface area contributed by atoms with Crippen molar-refractivity contribution in [1.29, 1.82) is 0 Å². The van der Waals surface area contributed by atoms with Crippen LogP contribution in [0.15, 0.2) is 30.3 Å². The second-order valence-electron chi connectivity index (χ2n) is 9.68. The number of carbonyl (C=O) groups excluding carboxylic acids is 2. The molecule has 1 aromatic carbocycles. The third-order valence-corrected chi connectivity index (χ3v) is 6.57. The SMILES string of the molecule is Cc1nn(Cc2ccccc2)c(C)c1CNC(=O)CN1CCC(C(=O)NCCCOC(C)C)CC1. The number of nitrogens with zero attached hydrogens (tertiary/aromatic N) is 3. The van der Waals surface area contributed by atoms with Crippen molar-refractivity contribution in [2.45, 2.75) is 66.2 Å². The predicted molar refractivity (Wildman–Crippen MR) is 137 cm³/mol. The van der Waals surface area contributed by atoms with Crippen LogP contribution in [0.2, 0.25) is 0 Å². The minimum absolute atomic E-state index is 0.00710. The van der Waals surface area contributed by atoms with Gasteiger partial charge in [-0.3, -0.25) is 19.2 Å². The standard InChI is InChI=1S/C27H41N5O3/c1-20(2)35-16-8-13-28-27(34)24-11-14-31(15-12-24)19-26(33)29-17-25-21(3)30-32(22(25)4)18-23-9-6-5-7-10-23/h5-7,9-10,20,24H,8,11-19H2,1-4H3,(H,28,34)(H,29,33). The number of aryl methyl sites for hydroxylation is 1. The molecule has 2 N–H and O–H groups in total. The normalized spacial score (nSPS) is 14.9. The Morgan fingerprint density at radius 1 is 1.11 bits per heavy atom. The molecule has 0 atom stereocenters. The minimum Gasteiger partial charge on any atom is -0.379 e. The van der Waals surface area contributed by atoms with Crippen molar-refractivity contribution in [2.75, 3.05) is 32.8 Å². The van der Waals surface area contributed by atoms with E-state index in [1.54, 1.807) is 0 Å². The summed E-state index contributed by atoms with van der Waals surface area (Å²) in [6, 6.07) is 10.2. The third kappa shape index (κ3) is 8.47. The molecule has 0 saturated carbocycles. The summed E-state index contributed by atoms with van der Waals surface area (Å²) in [6.45, 7) is 12.4.